The van der Waals surface area contributed by atoms with E-state index in [9.17, 15) is 14.4 Å². The Labute approximate surface area is 124 Å². The summed E-state index contributed by atoms with van der Waals surface area (Å²) in [6, 6.07) is 0. The van der Waals surface area contributed by atoms with E-state index < -0.39 is 11.8 Å². The number of hydrogen-bond acceptors (Lipinski definition) is 4. The molecule has 0 N–H and O–H groups in total. The van der Waals surface area contributed by atoms with Gasteiger partial charge in [-0.25, -0.2) is 0 Å². The van der Waals surface area contributed by atoms with Crippen LogP contribution < -0.4 is 0 Å². The molecule has 2 atom stereocenters. The average Bonchev–Trinajstić information content (AvgIpc) is 2.44. The first-order chi connectivity index (χ1) is 9.88. The fourth-order valence-corrected chi connectivity index (χ4v) is 2.84. The lowest BCUT2D eigenvalue weighted by Crippen LogP contribution is -2.57. The van der Waals surface area contributed by atoms with Crippen molar-refractivity contribution in [3.8, 4) is 0 Å². The first-order valence-corrected chi connectivity index (χ1v) is 7.37. The molecule has 0 bridgehead atoms. The lowest BCUT2D eigenvalue weighted by Gasteiger charge is -2.37. The van der Waals surface area contributed by atoms with Crippen LogP contribution in [0.15, 0.2) is 0 Å². The van der Waals surface area contributed by atoms with Crippen molar-refractivity contribution in [3.05, 3.63) is 0 Å². The highest BCUT2D eigenvalue weighted by Crippen LogP contribution is 2.12. The molecule has 0 spiro atoms. The highest BCUT2D eigenvalue weighted by atomic mass is 16.5. The average molecular weight is 297 g/mol. The maximum absolute atomic E-state index is 12.3. The molecule has 2 unspecified atom stereocenters. The van der Waals surface area contributed by atoms with Crippen LogP contribution in [0.4, 0.5) is 0 Å². The first-order valence-electron chi connectivity index (χ1n) is 7.37. The molecular weight excluding hydrogens is 274 g/mol. The quantitative estimate of drug-likeness (QED) is 0.555. The van der Waals surface area contributed by atoms with Crippen LogP contribution in [0.3, 0.4) is 0 Å². The van der Waals surface area contributed by atoms with Crippen LogP contribution in [0.5, 0.6) is 0 Å². The molecule has 0 radical (unpaired) electrons. The number of ether oxygens (including phenoxy) is 1. The Morgan fingerprint density at radius 2 is 1.24 bits per heavy atom. The summed E-state index contributed by atoms with van der Waals surface area (Å²) in [4.78, 5) is 40.6. The zero-order chi connectivity index (χ0) is 15.6. The van der Waals surface area contributed by atoms with Gasteiger partial charge in [-0.15, -0.1) is 0 Å². The SMILES string of the molecule is CC(=O)N1CCN(C(=O)C(=O)N2CC(C)OC(C)C2)CC1. The zero-order valence-electron chi connectivity index (χ0n) is 12.9. The molecule has 7 nitrogen and oxygen atoms in total. The summed E-state index contributed by atoms with van der Waals surface area (Å²) in [6.45, 7) is 8.01. The summed E-state index contributed by atoms with van der Waals surface area (Å²) >= 11 is 0. The molecule has 21 heavy (non-hydrogen) atoms. The van der Waals surface area contributed by atoms with E-state index in [0.717, 1.165) is 0 Å². The molecule has 2 aliphatic rings. The summed E-state index contributed by atoms with van der Waals surface area (Å²) in [7, 11) is 0. The molecule has 7 heteroatoms. The Morgan fingerprint density at radius 1 is 0.810 bits per heavy atom. The molecule has 2 fully saturated rings. The van der Waals surface area contributed by atoms with Gasteiger partial charge in [-0.2, -0.15) is 0 Å². The zero-order valence-corrected chi connectivity index (χ0v) is 12.9. The highest BCUT2D eigenvalue weighted by Gasteiger charge is 2.33. The van der Waals surface area contributed by atoms with Crippen molar-refractivity contribution in [2.45, 2.75) is 33.0 Å². The third kappa shape index (κ3) is 3.72. The summed E-state index contributed by atoms with van der Waals surface area (Å²) in [6.07, 6.45) is -0.111. The van der Waals surface area contributed by atoms with E-state index in [-0.39, 0.29) is 18.1 Å². The molecule has 118 valence electrons. The third-order valence-corrected chi connectivity index (χ3v) is 3.90. The van der Waals surface area contributed by atoms with Gasteiger partial charge in [0.2, 0.25) is 5.91 Å². The lowest BCUT2D eigenvalue weighted by molar-refractivity contribution is -0.159. The van der Waals surface area contributed by atoms with Crippen LogP contribution in [0.2, 0.25) is 0 Å². The van der Waals surface area contributed by atoms with E-state index in [4.69, 9.17) is 4.74 Å². The highest BCUT2D eigenvalue weighted by molar-refractivity contribution is 6.35. The Kier molecular flexibility index (Phi) is 4.82. The number of carbonyl (C=O) groups is 3. The molecule has 0 saturated carbocycles. The smallest absolute Gasteiger partial charge is 0.312 e. The Balaban J connectivity index is 1.91. The van der Waals surface area contributed by atoms with Crippen molar-refractivity contribution < 1.29 is 19.1 Å². The predicted molar refractivity (Wildman–Crippen MR) is 75.4 cm³/mol. The number of carbonyl (C=O) groups excluding carboxylic acids is 3. The van der Waals surface area contributed by atoms with Crippen LogP contribution >= 0.6 is 0 Å². The fraction of sp³-hybridized carbons (Fsp3) is 0.786. The number of rotatable bonds is 0. The van der Waals surface area contributed by atoms with Crippen LogP contribution in [-0.4, -0.2) is 83.9 Å². The summed E-state index contributed by atoms with van der Waals surface area (Å²) in [5, 5.41) is 0. The van der Waals surface area contributed by atoms with Gasteiger partial charge in [-0.3, -0.25) is 14.4 Å². The van der Waals surface area contributed by atoms with Gasteiger partial charge in [0.15, 0.2) is 0 Å². The standard InChI is InChI=1S/C14H23N3O4/c1-10-8-17(9-11(2)21-10)14(20)13(19)16-6-4-15(5-7-16)12(3)18/h10-11H,4-9H2,1-3H3. The number of amides is 3. The summed E-state index contributed by atoms with van der Waals surface area (Å²) in [5.74, 6) is -0.933. The Hall–Kier alpha value is -1.63. The number of hydrogen-bond donors (Lipinski definition) is 0. The van der Waals surface area contributed by atoms with Crippen molar-refractivity contribution in [1.82, 2.24) is 14.7 Å². The van der Waals surface area contributed by atoms with E-state index in [2.05, 4.69) is 0 Å². The molecule has 2 saturated heterocycles. The van der Waals surface area contributed by atoms with E-state index in [0.29, 0.717) is 39.3 Å². The molecule has 2 aliphatic heterocycles. The first kappa shape index (κ1) is 15.8. The van der Waals surface area contributed by atoms with Crippen molar-refractivity contribution in [1.29, 1.82) is 0 Å². The van der Waals surface area contributed by atoms with Gasteiger partial charge >= 0.3 is 11.8 Å². The molecule has 2 heterocycles. The van der Waals surface area contributed by atoms with Gasteiger partial charge in [0.1, 0.15) is 0 Å². The molecule has 2 rings (SSSR count). The van der Waals surface area contributed by atoms with Crippen molar-refractivity contribution in [3.63, 3.8) is 0 Å². The molecule has 3 amide bonds. The number of piperazine rings is 1. The van der Waals surface area contributed by atoms with Gasteiger partial charge in [0.25, 0.3) is 0 Å². The second-order valence-electron chi connectivity index (χ2n) is 5.77. The van der Waals surface area contributed by atoms with E-state index in [1.807, 2.05) is 13.8 Å². The topological polar surface area (TPSA) is 70.2 Å². The molecule has 0 aromatic rings. The van der Waals surface area contributed by atoms with Crippen LogP contribution in [0.1, 0.15) is 20.8 Å². The van der Waals surface area contributed by atoms with Crippen molar-refractivity contribution in [2.75, 3.05) is 39.3 Å². The fourth-order valence-electron chi connectivity index (χ4n) is 2.84. The van der Waals surface area contributed by atoms with Gasteiger partial charge in [0.05, 0.1) is 12.2 Å². The maximum Gasteiger partial charge on any atom is 0.312 e. The molecule has 0 aliphatic carbocycles. The monoisotopic (exact) mass is 297 g/mol. The summed E-state index contributed by atoms with van der Waals surface area (Å²) < 4.78 is 5.57. The largest absolute Gasteiger partial charge is 0.372 e. The van der Waals surface area contributed by atoms with Crippen molar-refractivity contribution >= 4 is 17.7 Å². The van der Waals surface area contributed by atoms with Crippen molar-refractivity contribution in [2.24, 2.45) is 0 Å². The molecule has 0 aromatic heterocycles. The minimum atomic E-state index is -0.473. The second-order valence-corrected chi connectivity index (χ2v) is 5.77. The van der Waals surface area contributed by atoms with E-state index in [1.54, 1.807) is 9.80 Å². The van der Waals surface area contributed by atoms with Gasteiger partial charge in [0, 0.05) is 46.2 Å². The van der Waals surface area contributed by atoms with E-state index >= 15 is 0 Å². The maximum atomic E-state index is 12.3. The molecular formula is C14H23N3O4. The van der Waals surface area contributed by atoms with Gasteiger partial charge < -0.3 is 19.4 Å². The van der Waals surface area contributed by atoms with Crippen LogP contribution in [0.25, 0.3) is 0 Å². The minimum absolute atomic E-state index is 0.00394. The Bertz CT molecular complexity index is 422. The van der Waals surface area contributed by atoms with Crippen LogP contribution in [0, 0.1) is 0 Å². The normalized spacial score (nSPS) is 26.7. The van der Waals surface area contributed by atoms with E-state index in [1.165, 1.54) is 11.8 Å². The lowest BCUT2D eigenvalue weighted by atomic mass is 10.2. The summed E-state index contributed by atoms with van der Waals surface area (Å²) in [5.41, 5.74) is 0. The van der Waals surface area contributed by atoms with Crippen LogP contribution in [-0.2, 0) is 19.1 Å². The van der Waals surface area contributed by atoms with Gasteiger partial charge in [-0.1, -0.05) is 0 Å². The third-order valence-electron chi connectivity index (χ3n) is 3.90. The number of nitrogens with zero attached hydrogens (tertiary/aromatic N) is 3. The minimum Gasteiger partial charge on any atom is -0.372 e. The Morgan fingerprint density at radius 3 is 1.71 bits per heavy atom. The predicted octanol–water partition coefficient (Wildman–Crippen LogP) is -0.687. The second kappa shape index (κ2) is 6.43. The number of morpholine rings is 1. The van der Waals surface area contributed by atoms with Gasteiger partial charge in [-0.05, 0) is 13.8 Å². The molecule has 0 aromatic carbocycles.